The number of aliphatic imine (C=N–C) groups is 1. The van der Waals surface area contributed by atoms with Crippen molar-refractivity contribution in [3.63, 3.8) is 0 Å². The number of nitrogens with one attached hydrogen (secondary N) is 2. The highest BCUT2D eigenvalue weighted by molar-refractivity contribution is 5.79. The lowest BCUT2D eigenvalue weighted by atomic mass is 10.1. The third kappa shape index (κ3) is 8.75. The van der Waals surface area contributed by atoms with Crippen LogP contribution in [-0.2, 0) is 24.4 Å². The standard InChI is InChI=1S/C22H28F3N3O3/c1-4-26-21(28-13-18-9-10-19(29-2)11-20(18)30-3)27-12-16-5-7-17(8-6-16)14-31-15-22(23,24)25/h5-11H,4,12-15H2,1-3H3,(H2,26,27,28). The Morgan fingerprint density at radius 2 is 1.68 bits per heavy atom. The van der Waals surface area contributed by atoms with E-state index in [4.69, 9.17) is 9.47 Å². The van der Waals surface area contributed by atoms with E-state index in [0.717, 1.165) is 11.1 Å². The highest BCUT2D eigenvalue weighted by Crippen LogP contribution is 2.24. The van der Waals surface area contributed by atoms with Crippen LogP contribution in [0.4, 0.5) is 13.2 Å². The summed E-state index contributed by atoms with van der Waals surface area (Å²) in [6, 6.07) is 12.7. The highest BCUT2D eigenvalue weighted by atomic mass is 19.4. The quantitative estimate of drug-likeness (QED) is 0.432. The molecule has 9 heteroatoms. The van der Waals surface area contributed by atoms with Crippen LogP contribution in [0.25, 0.3) is 0 Å². The van der Waals surface area contributed by atoms with Crippen molar-refractivity contribution in [2.45, 2.75) is 32.8 Å². The van der Waals surface area contributed by atoms with Gasteiger partial charge in [-0.15, -0.1) is 0 Å². The molecule has 0 atom stereocenters. The van der Waals surface area contributed by atoms with Gasteiger partial charge in [-0.3, -0.25) is 0 Å². The molecule has 0 bridgehead atoms. The van der Waals surface area contributed by atoms with Gasteiger partial charge >= 0.3 is 6.18 Å². The first-order valence-electron chi connectivity index (χ1n) is 9.80. The van der Waals surface area contributed by atoms with Crippen molar-refractivity contribution in [3.05, 3.63) is 59.2 Å². The van der Waals surface area contributed by atoms with Crippen LogP contribution in [0.5, 0.6) is 11.5 Å². The van der Waals surface area contributed by atoms with E-state index in [1.807, 2.05) is 37.3 Å². The molecule has 0 spiro atoms. The SMILES string of the molecule is CCNC(=NCc1ccc(COCC(F)(F)F)cc1)NCc1ccc(OC)cc1OC. The molecule has 0 unspecified atom stereocenters. The summed E-state index contributed by atoms with van der Waals surface area (Å²) in [4.78, 5) is 4.56. The second-order valence-electron chi connectivity index (χ2n) is 6.65. The predicted molar refractivity (Wildman–Crippen MR) is 113 cm³/mol. The Morgan fingerprint density at radius 1 is 0.968 bits per heavy atom. The summed E-state index contributed by atoms with van der Waals surface area (Å²) in [5.74, 6) is 2.07. The molecule has 0 aliphatic rings. The second kappa shape index (κ2) is 12.0. The van der Waals surface area contributed by atoms with E-state index in [1.54, 1.807) is 26.4 Å². The molecule has 6 nitrogen and oxygen atoms in total. The minimum absolute atomic E-state index is 0.0864. The van der Waals surface area contributed by atoms with Crippen molar-refractivity contribution in [3.8, 4) is 11.5 Å². The number of ether oxygens (including phenoxy) is 3. The largest absolute Gasteiger partial charge is 0.497 e. The van der Waals surface area contributed by atoms with E-state index in [-0.39, 0.29) is 6.61 Å². The number of alkyl halides is 3. The molecule has 0 heterocycles. The van der Waals surface area contributed by atoms with Crippen LogP contribution < -0.4 is 20.1 Å². The molecule has 0 fully saturated rings. The fourth-order valence-corrected chi connectivity index (χ4v) is 2.71. The number of hydrogen-bond acceptors (Lipinski definition) is 4. The maximum atomic E-state index is 12.1. The normalized spacial score (nSPS) is 11.9. The Labute approximate surface area is 180 Å². The third-order valence-corrected chi connectivity index (χ3v) is 4.26. The topological polar surface area (TPSA) is 64.1 Å². The van der Waals surface area contributed by atoms with Crippen molar-refractivity contribution >= 4 is 5.96 Å². The number of nitrogens with zero attached hydrogens (tertiary/aromatic N) is 1. The van der Waals surface area contributed by atoms with Crippen LogP contribution in [0.2, 0.25) is 0 Å². The van der Waals surface area contributed by atoms with Gasteiger partial charge < -0.3 is 24.8 Å². The molecule has 2 rings (SSSR count). The molecule has 170 valence electrons. The first-order valence-corrected chi connectivity index (χ1v) is 9.80. The molecule has 0 saturated carbocycles. The van der Waals surface area contributed by atoms with E-state index in [9.17, 15) is 13.2 Å². The number of hydrogen-bond donors (Lipinski definition) is 2. The summed E-state index contributed by atoms with van der Waals surface area (Å²) in [7, 11) is 3.21. The zero-order chi connectivity index (χ0) is 22.7. The molecule has 0 aromatic heterocycles. The smallest absolute Gasteiger partial charge is 0.411 e. The molecule has 2 aromatic carbocycles. The maximum absolute atomic E-state index is 12.1. The minimum atomic E-state index is -4.32. The maximum Gasteiger partial charge on any atom is 0.411 e. The van der Waals surface area contributed by atoms with Crippen molar-refractivity contribution in [2.24, 2.45) is 4.99 Å². The molecular formula is C22H28F3N3O3. The number of halogens is 3. The van der Waals surface area contributed by atoms with Gasteiger partial charge in [-0.1, -0.05) is 24.3 Å². The van der Waals surface area contributed by atoms with Crippen LogP contribution in [0.15, 0.2) is 47.5 Å². The van der Waals surface area contributed by atoms with Gasteiger partial charge in [-0.05, 0) is 30.2 Å². The molecule has 2 aromatic rings. The molecule has 0 aliphatic carbocycles. The number of guanidine groups is 1. The molecule has 31 heavy (non-hydrogen) atoms. The number of rotatable bonds is 10. The lowest BCUT2D eigenvalue weighted by Gasteiger charge is -2.14. The summed E-state index contributed by atoms with van der Waals surface area (Å²) < 4.78 is 51.7. The first kappa shape index (κ1) is 24.3. The van der Waals surface area contributed by atoms with Crippen LogP contribution >= 0.6 is 0 Å². The lowest BCUT2D eigenvalue weighted by Crippen LogP contribution is -2.36. The zero-order valence-electron chi connectivity index (χ0n) is 17.9. The highest BCUT2D eigenvalue weighted by Gasteiger charge is 2.27. The van der Waals surface area contributed by atoms with E-state index >= 15 is 0 Å². The van der Waals surface area contributed by atoms with Crippen molar-refractivity contribution in [1.29, 1.82) is 0 Å². The Bertz CT molecular complexity index is 840. The van der Waals surface area contributed by atoms with Crippen LogP contribution in [0, 0.1) is 0 Å². The van der Waals surface area contributed by atoms with Gasteiger partial charge in [0.05, 0.1) is 27.4 Å². The summed E-state index contributed by atoms with van der Waals surface area (Å²) in [5, 5.41) is 6.45. The van der Waals surface area contributed by atoms with Gasteiger partial charge in [0.1, 0.15) is 18.1 Å². The summed E-state index contributed by atoms with van der Waals surface area (Å²) in [5.41, 5.74) is 2.56. The lowest BCUT2D eigenvalue weighted by molar-refractivity contribution is -0.176. The summed E-state index contributed by atoms with van der Waals surface area (Å²) >= 11 is 0. The average Bonchev–Trinajstić information content (AvgIpc) is 2.75. The Balaban J connectivity index is 1.93. The predicted octanol–water partition coefficient (Wildman–Crippen LogP) is 4.04. The number of benzene rings is 2. The van der Waals surface area contributed by atoms with Crippen LogP contribution in [0.1, 0.15) is 23.6 Å². The van der Waals surface area contributed by atoms with Gasteiger partial charge in [-0.2, -0.15) is 13.2 Å². The molecule has 0 saturated heterocycles. The zero-order valence-corrected chi connectivity index (χ0v) is 17.9. The van der Waals surface area contributed by atoms with E-state index in [0.29, 0.717) is 42.7 Å². The van der Waals surface area contributed by atoms with E-state index in [2.05, 4.69) is 20.4 Å². The fourth-order valence-electron chi connectivity index (χ4n) is 2.71. The summed E-state index contributed by atoms with van der Waals surface area (Å²) in [6.07, 6.45) is -4.32. The van der Waals surface area contributed by atoms with Gasteiger partial charge in [0, 0.05) is 24.7 Å². The van der Waals surface area contributed by atoms with E-state index in [1.165, 1.54) is 0 Å². The van der Waals surface area contributed by atoms with E-state index < -0.39 is 12.8 Å². The number of methoxy groups -OCH3 is 2. The van der Waals surface area contributed by atoms with Crippen molar-refractivity contribution in [2.75, 3.05) is 27.4 Å². The Kier molecular flexibility index (Phi) is 9.45. The average molecular weight is 439 g/mol. The molecule has 0 amide bonds. The van der Waals surface area contributed by atoms with Crippen molar-refractivity contribution in [1.82, 2.24) is 10.6 Å². The minimum Gasteiger partial charge on any atom is -0.497 e. The van der Waals surface area contributed by atoms with Gasteiger partial charge in [0.2, 0.25) is 0 Å². The first-order chi connectivity index (χ1) is 14.8. The van der Waals surface area contributed by atoms with Crippen LogP contribution in [-0.4, -0.2) is 39.5 Å². The molecule has 0 radical (unpaired) electrons. The van der Waals surface area contributed by atoms with Crippen molar-refractivity contribution < 1.29 is 27.4 Å². The summed E-state index contributed by atoms with van der Waals surface area (Å²) in [6.45, 7) is 2.25. The fraction of sp³-hybridized carbons (Fsp3) is 0.409. The molecular weight excluding hydrogens is 411 g/mol. The monoisotopic (exact) mass is 439 g/mol. The third-order valence-electron chi connectivity index (χ3n) is 4.26. The second-order valence-corrected chi connectivity index (χ2v) is 6.65. The Morgan fingerprint density at radius 3 is 2.29 bits per heavy atom. The van der Waals surface area contributed by atoms with Gasteiger partial charge in [0.25, 0.3) is 0 Å². The van der Waals surface area contributed by atoms with Gasteiger partial charge in [-0.25, -0.2) is 4.99 Å². The van der Waals surface area contributed by atoms with Crippen LogP contribution in [0.3, 0.4) is 0 Å². The molecule has 0 aliphatic heterocycles. The van der Waals surface area contributed by atoms with Gasteiger partial charge in [0.15, 0.2) is 5.96 Å². The Hall–Kier alpha value is -2.94. The molecule has 2 N–H and O–H groups in total.